The van der Waals surface area contributed by atoms with Crippen LogP contribution in [-0.2, 0) is 4.79 Å². The van der Waals surface area contributed by atoms with Gasteiger partial charge >= 0.3 is 0 Å². The molecule has 0 bridgehead atoms. The first-order valence-electron chi connectivity index (χ1n) is 8.91. The highest BCUT2D eigenvalue weighted by molar-refractivity contribution is 5.73. The molecule has 0 atom stereocenters. The zero-order valence-electron chi connectivity index (χ0n) is 15.5. The van der Waals surface area contributed by atoms with Gasteiger partial charge in [0.25, 0.3) is 0 Å². The minimum atomic E-state index is 0.146. The Morgan fingerprint density at radius 3 is 2.24 bits per heavy atom. The summed E-state index contributed by atoms with van der Waals surface area (Å²) in [5.41, 5.74) is 3.27. The number of anilines is 1. The molecule has 0 aliphatic carbocycles. The monoisotopic (exact) mass is 338 g/mol. The molecule has 0 radical (unpaired) electrons. The van der Waals surface area contributed by atoms with Crippen LogP contribution in [0.2, 0.25) is 0 Å². The number of rotatable bonds is 3. The summed E-state index contributed by atoms with van der Waals surface area (Å²) in [4.78, 5) is 25.5. The summed E-state index contributed by atoms with van der Waals surface area (Å²) >= 11 is 0. The summed E-state index contributed by atoms with van der Waals surface area (Å²) in [6, 6.07) is 10.1. The van der Waals surface area contributed by atoms with E-state index in [1.807, 2.05) is 35.2 Å². The molecule has 5 nitrogen and oxygen atoms in total. The highest BCUT2D eigenvalue weighted by atomic mass is 16.2. The molecule has 1 aliphatic heterocycles. The Morgan fingerprint density at radius 2 is 1.68 bits per heavy atom. The Labute approximate surface area is 149 Å². The normalized spacial score (nSPS) is 14.9. The van der Waals surface area contributed by atoms with Gasteiger partial charge in [-0.15, -0.1) is 0 Å². The molecule has 2 heterocycles. The van der Waals surface area contributed by atoms with Crippen molar-refractivity contribution in [2.24, 2.45) is 0 Å². The Balaban J connectivity index is 1.99. The van der Waals surface area contributed by atoms with Crippen LogP contribution >= 0.6 is 0 Å². The lowest BCUT2D eigenvalue weighted by Gasteiger charge is -2.36. The first kappa shape index (κ1) is 17.4. The molecule has 3 rings (SSSR count). The van der Waals surface area contributed by atoms with Crippen LogP contribution in [0.5, 0.6) is 0 Å². The van der Waals surface area contributed by atoms with E-state index >= 15 is 0 Å². The third-order valence-electron chi connectivity index (χ3n) is 4.75. The van der Waals surface area contributed by atoms with Crippen LogP contribution in [0.1, 0.15) is 37.9 Å². The maximum Gasteiger partial charge on any atom is 0.219 e. The lowest BCUT2D eigenvalue weighted by Crippen LogP contribution is -2.48. The number of benzene rings is 1. The molecule has 1 fully saturated rings. The highest BCUT2D eigenvalue weighted by Crippen LogP contribution is 2.31. The van der Waals surface area contributed by atoms with E-state index in [4.69, 9.17) is 9.97 Å². The van der Waals surface area contributed by atoms with Crippen LogP contribution in [0.4, 0.5) is 5.82 Å². The number of aryl methyl sites for hydroxylation is 1. The van der Waals surface area contributed by atoms with Crippen LogP contribution in [-0.4, -0.2) is 47.0 Å². The molecule has 1 aromatic carbocycles. The first-order valence-corrected chi connectivity index (χ1v) is 8.91. The maximum absolute atomic E-state index is 11.6. The topological polar surface area (TPSA) is 49.3 Å². The number of hydrogen-bond acceptors (Lipinski definition) is 4. The fraction of sp³-hybridized carbons (Fsp3) is 0.450. The predicted octanol–water partition coefficient (Wildman–Crippen LogP) is 3.24. The van der Waals surface area contributed by atoms with Crippen molar-refractivity contribution in [2.45, 2.75) is 33.6 Å². The molecule has 1 aliphatic rings. The van der Waals surface area contributed by atoms with Gasteiger partial charge in [0.2, 0.25) is 5.91 Å². The van der Waals surface area contributed by atoms with Gasteiger partial charge in [0, 0.05) is 49.9 Å². The molecule has 0 saturated carbocycles. The fourth-order valence-electron chi connectivity index (χ4n) is 3.43. The van der Waals surface area contributed by atoms with Crippen LogP contribution in [0, 0.1) is 6.92 Å². The van der Waals surface area contributed by atoms with E-state index in [0.717, 1.165) is 49.1 Å². The van der Waals surface area contributed by atoms with Crippen LogP contribution in [0.15, 0.2) is 30.3 Å². The van der Waals surface area contributed by atoms with Crippen molar-refractivity contribution in [1.29, 1.82) is 0 Å². The molecule has 0 spiro atoms. The van der Waals surface area contributed by atoms with E-state index in [1.54, 1.807) is 6.92 Å². The molecule has 5 heteroatoms. The third kappa shape index (κ3) is 3.65. The van der Waals surface area contributed by atoms with Gasteiger partial charge in [-0.05, 0) is 12.8 Å². The van der Waals surface area contributed by atoms with Gasteiger partial charge in [-0.3, -0.25) is 4.79 Å². The second-order valence-corrected chi connectivity index (χ2v) is 6.88. The van der Waals surface area contributed by atoms with Crippen LogP contribution in [0.3, 0.4) is 0 Å². The zero-order valence-corrected chi connectivity index (χ0v) is 15.5. The number of nitrogens with zero attached hydrogens (tertiary/aromatic N) is 4. The van der Waals surface area contributed by atoms with Gasteiger partial charge in [0.15, 0.2) is 5.82 Å². The molecule has 0 N–H and O–H groups in total. The van der Waals surface area contributed by atoms with Crippen molar-refractivity contribution in [3.05, 3.63) is 41.6 Å². The number of hydrogen-bond donors (Lipinski definition) is 0. The van der Waals surface area contributed by atoms with Crippen molar-refractivity contribution in [3.63, 3.8) is 0 Å². The molecule has 2 aromatic rings. The lowest BCUT2D eigenvalue weighted by atomic mass is 10.0. The van der Waals surface area contributed by atoms with Crippen molar-refractivity contribution >= 4 is 11.7 Å². The molecule has 25 heavy (non-hydrogen) atoms. The Bertz CT molecular complexity index is 750. The summed E-state index contributed by atoms with van der Waals surface area (Å²) < 4.78 is 0. The summed E-state index contributed by atoms with van der Waals surface area (Å²) in [7, 11) is 0. The summed E-state index contributed by atoms with van der Waals surface area (Å²) in [5, 5.41) is 0. The van der Waals surface area contributed by atoms with Gasteiger partial charge in [0.1, 0.15) is 5.82 Å². The third-order valence-corrected chi connectivity index (χ3v) is 4.75. The van der Waals surface area contributed by atoms with Crippen molar-refractivity contribution < 1.29 is 4.79 Å². The van der Waals surface area contributed by atoms with E-state index in [2.05, 4.69) is 25.7 Å². The van der Waals surface area contributed by atoms with E-state index < -0.39 is 0 Å². The molecular formula is C20H26N4O. The number of carbonyl (C=O) groups is 1. The van der Waals surface area contributed by atoms with Crippen molar-refractivity contribution in [1.82, 2.24) is 14.9 Å². The number of aromatic nitrogens is 2. The lowest BCUT2D eigenvalue weighted by molar-refractivity contribution is -0.129. The van der Waals surface area contributed by atoms with E-state index in [0.29, 0.717) is 5.92 Å². The predicted molar refractivity (Wildman–Crippen MR) is 101 cm³/mol. The molecule has 1 aromatic heterocycles. The Kier molecular flexibility index (Phi) is 5.02. The number of carbonyl (C=O) groups excluding carboxylic acids is 1. The minimum absolute atomic E-state index is 0.146. The van der Waals surface area contributed by atoms with Crippen molar-refractivity contribution in [2.75, 3.05) is 31.1 Å². The average molecular weight is 338 g/mol. The molecular weight excluding hydrogens is 312 g/mol. The second-order valence-electron chi connectivity index (χ2n) is 6.88. The summed E-state index contributed by atoms with van der Waals surface area (Å²) in [5.74, 6) is 2.29. The van der Waals surface area contributed by atoms with Crippen LogP contribution in [0.25, 0.3) is 11.4 Å². The van der Waals surface area contributed by atoms with E-state index in [9.17, 15) is 4.79 Å². The Hall–Kier alpha value is -2.43. The highest BCUT2D eigenvalue weighted by Gasteiger charge is 2.24. The second kappa shape index (κ2) is 7.21. The minimum Gasteiger partial charge on any atom is -0.353 e. The molecule has 1 saturated heterocycles. The molecule has 132 valence electrons. The number of piperazine rings is 1. The summed E-state index contributed by atoms with van der Waals surface area (Å²) in [6.45, 7) is 11.2. The summed E-state index contributed by atoms with van der Waals surface area (Å²) in [6.07, 6.45) is 0. The van der Waals surface area contributed by atoms with E-state index in [-0.39, 0.29) is 5.91 Å². The quantitative estimate of drug-likeness (QED) is 0.862. The Morgan fingerprint density at radius 1 is 1.04 bits per heavy atom. The SMILES string of the molecule is CC(=O)N1CCN(c2nc(-c3ccccc3)nc(C)c2C(C)C)CC1. The van der Waals surface area contributed by atoms with Gasteiger partial charge < -0.3 is 9.80 Å². The van der Waals surface area contributed by atoms with Gasteiger partial charge in [-0.1, -0.05) is 44.2 Å². The molecule has 0 unspecified atom stereocenters. The smallest absolute Gasteiger partial charge is 0.219 e. The molecule has 1 amide bonds. The zero-order chi connectivity index (χ0) is 18.0. The maximum atomic E-state index is 11.6. The van der Waals surface area contributed by atoms with E-state index in [1.165, 1.54) is 5.56 Å². The van der Waals surface area contributed by atoms with Gasteiger partial charge in [0.05, 0.1) is 0 Å². The fourth-order valence-corrected chi connectivity index (χ4v) is 3.43. The van der Waals surface area contributed by atoms with Gasteiger partial charge in [-0.25, -0.2) is 9.97 Å². The first-order chi connectivity index (χ1) is 12.0. The number of amides is 1. The average Bonchev–Trinajstić information content (AvgIpc) is 2.61. The standard InChI is InChI=1S/C20H26N4O/c1-14(2)18-15(3)21-19(17-8-6-5-7-9-17)22-20(18)24-12-10-23(11-13-24)16(4)25/h5-9,14H,10-13H2,1-4H3. The van der Waals surface area contributed by atoms with Crippen LogP contribution < -0.4 is 4.90 Å². The van der Waals surface area contributed by atoms with Crippen molar-refractivity contribution in [3.8, 4) is 11.4 Å². The van der Waals surface area contributed by atoms with Gasteiger partial charge in [-0.2, -0.15) is 0 Å². The largest absolute Gasteiger partial charge is 0.353 e.